The highest BCUT2D eigenvalue weighted by molar-refractivity contribution is 6.10. The first-order valence-electron chi connectivity index (χ1n) is 8.17. The standard InChI is InChI=1S/C18H17N3O7/c22-15-10-11(21(27)28)7-8-13(15)18(26)20-14-5-2-1-4-12(14)17(25)19-9-3-6-16(23)24/h1-2,4-5,7-8,10,22H,3,6,9H2,(H,19,25)(H,20,26)(H,23,24). The van der Waals surface area contributed by atoms with Gasteiger partial charge in [-0.05, 0) is 24.6 Å². The number of carboxylic acid groups (broad SMARTS) is 1. The number of carboxylic acids is 1. The molecular weight excluding hydrogens is 370 g/mol. The number of carbonyl (C=O) groups excluding carboxylic acids is 2. The van der Waals surface area contributed by atoms with E-state index in [0.29, 0.717) is 0 Å². The summed E-state index contributed by atoms with van der Waals surface area (Å²) in [6.45, 7) is 0.149. The highest BCUT2D eigenvalue weighted by Gasteiger charge is 2.18. The summed E-state index contributed by atoms with van der Waals surface area (Å²) in [4.78, 5) is 45.2. The van der Waals surface area contributed by atoms with Gasteiger partial charge in [0.15, 0.2) is 0 Å². The number of amides is 2. The lowest BCUT2D eigenvalue weighted by Gasteiger charge is -2.12. The minimum atomic E-state index is -0.968. The van der Waals surface area contributed by atoms with Crippen LogP contribution in [0.1, 0.15) is 33.6 Å². The van der Waals surface area contributed by atoms with Crippen LogP contribution in [-0.2, 0) is 4.79 Å². The minimum absolute atomic E-state index is 0.0852. The molecule has 10 nitrogen and oxygen atoms in total. The van der Waals surface area contributed by atoms with E-state index < -0.39 is 28.5 Å². The molecule has 0 atom stereocenters. The molecule has 0 bridgehead atoms. The SMILES string of the molecule is O=C(O)CCCNC(=O)c1ccccc1NC(=O)c1ccc([N+](=O)[O-])cc1O. The van der Waals surface area contributed by atoms with Crippen LogP contribution in [0.3, 0.4) is 0 Å². The lowest BCUT2D eigenvalue weighted by Crippen LogP contribution is -2.26. The summed E-state index contributed by atoms with van der Waals surface area (Å²) in [7, 11) is 0. The lowest BCUT2D eigenvalue weighted by atomic mass is 10.1. The number of non-ortho nitro benzene ring substituents is 1. The fraction of sp³-hybridized carbons (Fsp3) is 0.167. The van der Waals surface area contributed by atoms with Gasteiger partial charge in [0.25, 0.3) is 17.5 Å². The number of nitrogens with zero attached hydrogens (tertiary/aromatic N) is 1. The van der Waals surface area contributed by atoms with Gasteiger partial charge in [0.05, 0.1) is 27.8 Å². The highest BCUT2D eigenvalue weighted by Crippen LogP contribution is 2.25. The Morgan fingerprint density at radius 1 is 1.04 bits per heavy atom. The van der Waals surface area contributed by atoms with E-state index in [-0.39, 0.29) is 41.9 Å². The number of anilines is 1. The zero-order chi connectivity index (χ0) is 20.7. The molecule has 146 valence electrons. The average molecular weight is 387 g/mol. The number of carbonyl (C=O) groups is 3. The molecule has 0 aliphatic carbocycles. The number of aromatic hydroxyl groups is 1. The second-order valence-corrected chi connectivity index (χ2v) is 5.71. The molecule has 2 aromatic carbocycles. The predicted molar refractivity (Wildman–Crippen MR) is 98.4 cm³/mol. The van der Waals surface area contributed by atoms with E-state index >= 15 is 0 Å². The minimum Gasteiger partial charge on any atom is -0.507 e. The number of phenolic OH excluding ortho intramolecular Hbond substituents is 1. The topological polar surface area (TPSA) is 159 Å². The van der Waals surface area contributed by atoms with Crippen LogP contribution in [0.25, 0.3) is 0 Å². The summed E-state index contributed by atoms with van der Waals surface area (Å²) in [6.07, 6.45) is 0.171. The Hall–Kier alpha value is -3.95. The number of nitro groups is 1. The van der Waals surface area contributed by atoms with Gasteiger partial charge in [0.2, 0.25) is 0 Å². The van der Waals surface area contributed by atoms with Gasteiger partial charge < -0.3 is 20.8 Å². The molecule has 0 aliphatic heterocycles. The van der Waals surface area contributed by atoms with Gasteiger partial charge in [0, 0.05) is 19.0 Å². The molecule has 0 unspecified atom stereocenters. The van der Waals surface area contributed by atoms with Gasteiger partial charge in [-0.2, -0.15) is 0 Å². The third kappa shape index (κ3) is 5.27. The number of phenols is 1. The predicted octanol–water partition coefficient (Wildman–Crippen LogP) is 2.15. The molecule has 2 aromatic rings. The van der Waals surface area contributed by atoms with Crippen molar-refractivity contribution in [3.63, 3.8) is 0 Å². The normalized spacial score (nSPS) is 10.1. The van der Waals surface area contributed by atoms with Gasteiger partial charge in [-0.1, -0.05) is 12.1 Å². The Kier molecular flexibility index (Phi) is 6.63. The first kappa shape index (κ1) is 20.4. The number of nitro benzene ring substituents is 1. The van der Waals surface area contributed by atoms with Gasteiger partial charge >= 0.3 is 5.97 Å². The number of para-hydroxylation sites is 1. The second kappa shape index (κ2) is 9.12. The van der Waals surface area contributed by atoms with E-state index in [4.69, 9.17) is 5.11 Å². The van der Waals surface area contributed by atoms with Crippen molar-refractivity contribution in [2.24, 2.45) is 0 Å². The van der Waals surface area contributed by atoms with Crippen molar-refractivity contribution in [2.45, 2.75) is 12.8 Å². The van der Waals surface area contributed by atoms with Crippen LogP contribution >= 0.6 is 0 Å². The van der Waals surface area contributed by atoms with Crippen molar-refractivity contribution in [3.05, 3.63) is 63.7 Å². The van der Waals surface area contributed by atoms with Crippen LogP contribution in [0.15, 0.2) is 42.5 Å². The molecule has 0 heterocycles. The smallest absolute Gasteiger partial charge is 0.303 e. The van der Waals surface area contributed by atoms with Gasteiger partial charge in [-0.25, -0.2) is 0 Å². The molecule has 2 amide bonds. The van der Waals surface area contributed by atoms with Crippen molar-refractivity contribution in [1.29, 1.82) is 0 Å². The van der Waals surface area contributed by atoms with Crippen LogP contribution in [0.4, 0.5) is 11.4 Å². The van der Waals surface area contributed by atoms with E-state index in [9.17, 15) is 29.6 Å². The maximum Gasteiger partial charge on any atom is 0.303 e. The molecule has 4 N–H and O–H groups in total. The Bertz CT molecular complexity index is 927. The Morgan fingerprint density at radius 2 is 1.75 bits per heavy atom. The maximum absolute atomic E-state index is 12.4. The number of aliphatic carboxylic acids is 1. The van der Waals surface area contributed by atoms with Crippen LogP contribution in [0.5, 0.6) is 5.75 Å². The summed E-state index contributed by atoms with van der Waals surface area (Å²) in [5, 5.41) is 34.2. The first-order valence-corrected chi connectivity index (χ1v) is 8.17. The monoisotopic (exact) mass is 387 g/mol. The summed E-state index contributed by atoms with van der Waals surface area (Å²) in [6, 6.07) is 9.17. The van der Waals surface area contributed by atoms with Crippen LogP contribution in [0.2, 0.25) is 0 Å². The zero-order valence-corrected chi connectivity index (χ0v) is 14.5. The molecular formula is C18H17N3O7. The molecule has 2 rings (SSSR count). The molecule has 10 heteroatoms. The average Bonchev–Trinajstić information content (AvgIpc) is 2.65. The lowest BCUT2D eigenvalue weighted by molar-refractivity contribution is -0.384. The Labute approximate surface area is 159 Å². The third-order valence-electron chi connectivity index (χ3n) is 3.71. The quantitative estimate of drug-likeness (QED) is 0.307. The van der Waals surface area contributed by atoms with Crippen molar-refractivity contribution >= 4 is 29.2 Å². The van der Waals surface area contributed by atoms with E-state index in [1.54, 1.807) is 12.1 Å². The molecule has 0 saturated heterocycles. The number of rotatable bonds is 8. The Morgan fingerprint density at radius 3 is 2.39 bits per heavy atom. The van der Waals surface area contributed by atoms with Crippen LogP contribution in [0, 0.1) is 10.1 Å². The largest absolute Gasteiger partial charge is 0.507 e. The van der Waals surface area contributed by atoms with E-state index in [1.807, 2.05) is 0 Å². The van der Waals surface area contributed by atoms with E-state index in [1.165, 1.54) is 12.1 Å². The molecule has 0 spiro atoms. The zero-order valence-electron chi connectivity index (χ0n) is 14.5. The van der Waals surface area contributed by atoms with Crippen molar-refractivity contribution < 1.29 is 29.5 Å². The summed E-state index contributed by atoms with van der Waals surface area (Å²) in [5.41, 5.74) is -0.244. The Balaban J connectivity index is 2.12. The molecule has 0 aromatic heterocycles. The van der Waals surface area contributed by atoms with Crippen molar-refractivity contribution in [1.82, 2.24) is 5.32 Å². The molecule has 28 heavy (non-hydrogen) atoms. The van der Waals surface area contributed by atoms with Crippen molar-refractivity contribution in [3.8, 4) is 5.75 Å². The van der Waals surface area contributed by atoms with Crippen molar-refractivity contribution in [2.75, 3.05) is 11.9 Å². The van der Waals surface area contributed by atoms with Crippen LogP contribution in [-0.4, -0.2) is 39.5 Å². The van der Waals surface area contributed by atoms with Gasteiger partial charge in [-0.3, -0.25) is 24.5 Å². The highest BCUT2D eigenvalue weighted by atomic mass is 16.6. The summed E-state index contributed by atoms with van der Waals surface area (Å²) in [5.74, 6) is -2.79. The number of nitrogens with one attached hydrogen (secondary N) is 2. The summed E-state index contributed by atoms with van der Waals surface area (Å²) >= 11 is 0. The van der Waals surface area contributed by atoms with Crippen LogP contribution < -0.4 is 10.6 Å². The molecule has 0 radical (unpaired) electrons. The fourth-order valence-electron chi connectivity index (χ4n) is 2.34. The first-order chi connectivity index (χ1) is 13.3. The number of hydrogen-bond acceptors (Lipinski definition) is 6. The number of hydrogen-bond donors (Lipinski definition) is 4. The van der Waals surface area contributed by atoms with Gasteiger partial charge in [0.1, 0.15) is 5.75 Å². The van der Waals surface area contributed by atoms with Gasteiger partial charge in [-0.15, -0.1) is 0 Å². The fourth-order valence-corrected chi connectivity index (χ4v) is 2.34. The molecule has 0 aliphatic rings. The summed E-state index contributed by atoms with van der Waals surface area (Å²) < 4.78 is 0. The third-order valence-corrected chi connectivity index (χ3v) is 3.71. The van der Waals surface area contributed by atoms with E-state index in [2.05, 4.69) is 10.6 Å². The number of benzene rings is 2. The van der Waals surface area contributed by atoms with E-state index in [0.717, 1.165) is 18.2 Å². The maximum atomic E-state index is 12.4. The second-order valence-electron chi connectivity index (χ2n) is 5.71. The molecule has 0 saturated carbocycles. The molecule has 0 fully saturated rings.